The van der Waals surface area contributed by atoms with E-state index in [-0.39, 0.29) is 11.7 Å². The van der Waals surface area contributed by atoms with E-state index in [0.29, 0.717) is 0 Å². The lowest BCUT2D eigenvalue weighted by Gasteiger charge is -2.10. The number of hydrogen-bond acceptors (Lipinski definition) is 2. The second kappa shape index (κ2) is 4.97. The van der Waals surface area contributed by atoms with Gasteiger partial charge in [0, 0.05) is 0 Å². The van der Waals surface area contributed by atoms with Gasteiger partial charge in [-0.05, 0) is 25.3 Å². The minimum atomic E-state index is -0.553. The first-order valence-corrected chi connectivity index (χ1v) is 4.80. The van der Waals surface area contributed by atoms with Gasteiger partial charge in [-0.2, -0.15) is 0 Å². The van der Waals surface area contributed by atoms with Gasteiger partial charge in [0.05, 0.1) is 12.0 Å². The first-order chi connectivity index (χ1) is 6.25. The molecule has 1 N–H and O–H groups in total. The monoisotopic (exact) mass is 180 g/mol. The fourth-order valence-electron chi connectivity index (χ4n) is 1.49. The Bertz CT molecular complexity index is 228. The van der Waals surface area contributed by atoms with Crippen LogP contribution in [0.4, 0.5) is 0 Å². The Kier molecular flexibility index (Phi) is 3.90. The first-order valence-electron chi connectivity index (χ1n) is 4.80. The van der Waals surface area contributed by atoms with E-state index in [4.69, 9.17) is 0 Å². The Morgan fingerprint density at radius 2 is 2.31 bits per heavy atom. The average molecular weight is 180 g/mol. The van der Waals surface area contributed by atoms with Crippen LogP contribution in [-0.2, 0) is 4.79 Å². The van der Waals surface area contributed by atoms with Crippen molar-refractivity contribution in [2.24, 2.45) is 5.92 Å². The molecule has 0 spiro atoms. The molecule has 0 amide bonds. The Morgan fingerprint density at radius 1 is 1.54 bits per heavy atom. The molecule has 13 heavy (non-hydrogen) atoms. The number of allylic oxidation sites excluding steroid dienone is 3. The second-order valence-electron chi connectivity index (χ2n) is 3.32. The fourth-order valence-corrected chi connectivity index (χ4v) is 1.49. The number of aliphatic hydroxyl groups is 1. The van der Waals surface area contributed by atoms with Crippen LogP contribution in [0, 0.1) is 5.92 Å². The molecule has 1 aliphatic carbocycles. The molecule has 0 aromatic rings. The van der Waals surface area contributed by atoms with Crippen LogP contribution in [-0.4, -0.2) is 17.0 Å². The molecule has 2 atom stereocenters. The first kappa shape index (κ1) is 10.2. The summed E-state index contributed by atoms with van der Waals surface area (Å²) in [5, 5.41) is 9.38. The van der Waals surface area contributed by atoms with Crippen LogP contribution < -0.4 is 0 Å². The van der Waals surface area contributed by atoms with Gasteiger partial charge in [0.15, 0.2) is 5.78 Å². The standard InChI is InChI=1S/C11H16O2/c1-2-3-4-5-6-9-10(12)7-8-11(9)13/h3-4,7-10,12H,2,5-6H2,1H3/b4-3-. The van der Waals surface area contributed by atoms with Crippen LogP contribution in [0.5, 0.6) is 0 Å². The number of hydrogen-bond donors (Lipinski definition) is 1. The summed E-state index contributed by atoms with van der Waals surface area (Å²) in [5.41, 5.74) is 0. The van der Waals surface area contributed by atoms with Crippen molar-refractivity contribution in [3.63, 3.8) is 0 Å². The molecule has 0 aromatic heterocycles. The smallest absolute Gasteiger partial charge is 0.161 e. The van der Waals surface area contributed by atoms with Crippen molar-refractivity contribution in [1.82, 2.24) is 0 Å². The van der Waals surface area contributed by atoms with Gasteiger partial charge < -0.3 is 5.11 Å². The molecule has 0 fully saturated rings. The van der Waals surface area contributed by atoms with Crippen LogP contribution in [0.15, 0.2) is 24.3 Å². The van der Waals surface area contributed by atoms with E-state index in [1.54, 1.807) is 6.08 Å². The van der Waals surface area contributed by atoms with Gasteiger partial charge in [-0.25, -0.2) is 0 Å². The van der Waals surface area contributed by atoms with Gasteiger partial charge in [0.25, 0.3) is 0 Å². The van der Waals surface area contributed by atoms with Gasteiger partial charge in [-0.15, -0.1) is 0 Å². The predicted molar refractivity (Wildman–Crippen MR) is 52.3 cm³/mol. The average Bonchev–Trinajstić information content (AvgIpc) is 2.42. The van der Waals surface area contributed by atoms with Crippen LogP contribution in [0.2, 0.25) is 0 Å². The van der Waals surface area contributed by atoms with Crippen molar-refractivity contribution in [3.8, 4) is 0 Å². The highest BCUT2D eigenvalue weighted by atomic mass is 16.3. The number of rotatable bonds is 4. The lowest BCUT2D eigenvalue weighted by atomic mass is 9.97. The Labute approximate surface area is 79.0 Å². The number of carbonyl (C=O) groups excluding carboxylic acids is 1. The number of ketones is 1. The molecule has 0 saturated heterocycles. The van der Waals surface area contributed by atoms with E-state index in [1.807, 2.05) is 0 Å². The van der Waals surface area contributed by atoms with E-state index < -0.39 is 6.10 Å². The maximum Gasteiger partial charge on any atom is 0.161 e. The van der Waals surface area contributed by atoms with Crippen LogP contribution in [0.25, 0.3) is 0 Å². The largest absolute Gasteiger partial charge is 0.388 e. The normalized spacial score (nSPS) is 27.7. The molecule has 1 rings (SSSR count). The summed E-state index contributed by atoms with van der Waals surface area (Å²) in [5.74, 6) is -0.126. The van der Waals surface area contributed by atoms with Crippen molar-refractivity contribution in [3.05, 3.63) is 24.3 Å². The van der Waals surface area contributed by atoms with Gasteiger partial charge in [0.1, 0.15) is 0 Å². The molecule has 2 unspecified atom stereocenters. The van der Waals surface area contributed by atoms with E-state index in [2.05, 4.69) is 19.1 Å². The van der Waals surface area contributed by atoms with Crippen LogP contribution >= 0.6 is 0 Å². The van der Waals surface area contributed by atoms with Crippen molar-refractivity contribution < 1.29 is 9.90 Å². The van der Waals surface area contributed by atoms with Crippen molar-refractivity contribution >= 4 is 5.78 Å². The maximum atomic E-state index is 11.2. The van der Waals surface area contributed by atoms with E-state index in [1.165, 1.54) is 6.08 Å². The molecule has 0 bridgehead atoms. The summed E-state index contributed by atoms with van der Waals surface area (Å²) in [7, 11) is 0. The zero-order valence-corrected chi connectivity index (χ0v) is 7.94. The molecular formula is C11H16O2. The van der Waals surface area contributed by atoms with Crippen molar-refractivity contribution in [1.29, 1.82) is 0 Å². The van der Waals surface area contributed by atoms with Crippen molar-refractivity contribution in [2.45, 2.75) is 32.3 Å². The Morgan fingerprint density at radius 3 is 2.85 bits per heavy atom. The van der Waals surface area contributed by atoms with Crippen LogP contribution in [0.3, 0.4) is 0 Å². The fraction of sp³-hybridized carbons (Fsp3) is 0.545. The lowest BCUT2D eigenvalue weighted by molar-refractivity contribution is -0.119. The molecule has 1 aliphatic rings. The molecule has 0 radical (unpaired) electrons. The van der Waals surface area contributed by atoms with Crippen LogP contribution in [0.1, 0.15) is 26.2 Å². The van der Waals surface area contributed by atoms with Gasteiger partial charge >= 0.3 is 0 Å². The second-order valence-corrected chi connectivity index (χ2v) is 3.32. The molecule has 72 valence electrons. The number of carbonyl (C=O) groups is 1. The topological polar surface area (TPSA) is 37.3 Å². The highest BCUT2D eigenvalue weighted by molar-refractivity contribution is 5.94. The Hall–Kier alpha value is -0.890. The minimum Gasteiger partial charge on any atom is -0.388 e. The predicted octanol–water partition coefficient (Wildman–Crippen LogP) is 1.85. The summed E-state index contributed by atoms with van der Waals surface area (Å²) >= 11 is 0. The third-order valence-corrected chi connectivity index (χ3v) is 2.28. The maximum absolute atomic E-state index is 11.2. The summed E-state index contributed by atoms with van der Waals surface area (Å²) in [6.07, 6.45) is 9.32. The summed E-state index contributed by atoms with van der Waals surface area (Å²) in [6.45, 7) is 2.08. The van der Waals surface area contributed by atoms with E-state index >= 15 is 0 Å². The SMILES string of the molecule is CC/C=C\CCC1C(=O)C=CC1O. The van der Waals surface area contributed by atoms with E-state index in [0.717, 1.165) is 19.3 Å². The molecule has 2 nitrogen and oxygen atoms in total. The summed E-state index contributed by atoms with van der Waals surface area (Å²) in [6, 6.07) is 0. The molecule has 0 heterocycles. The van der Waals surface area contributed by atoms with Gasteiger partial charge in [-0.3, -0.25) is 4.79 Å². The van der Waals surface area contributed by atoms with Gasteiger partial charge in [0.2, 0.25) is 0 Å². The molecule has 2 heteroatoms. The third-order valence-electron chi connectivity index (χ3n) is 2.28. The highest BCUT2D eigenvalue weighted by Crippen LogP contribution is 2.20. The Balaban J connectivity index is 2.29. The molecular weight excluding hydrogens is 164 g/mol. The number of aliphatic hydroxyl groups excluding tert-OH is 1. The lowest BCUT2D eigenvalue weighted by Crippen LogP contribution is -2.19. The zero-order valence-electron chi connectivity index (χ0n) is 7.94. The summed E-state index contributed by atoms with van der Waals surface area (Å²) in [4.78, 5) is 11.2. The van der Waals surface area contributed by atoms with Gasteiger partial charge in [-0.1, -0.05) is 25.2 Å². The molecule has 0 saturated carbocycles. The minimum absolute atomic E-state index is 0.0670. The quantitative estimate of drug-likeness (QED) is 0.670. The third kappa shape index (κ3) is 2.81. The molecule has 0 aliphatic heterocycles. The highest BCUT2D eigenvalue weighted by Gasteiger charge is 2.27. The zero-order chi connectivity index (χ0) is 9.68. The van der Waals surface area contributed by atoms with Crippen molar-refractivity contribution in [2.75, 3.05) is 0 Å². The molecule has 0 aromatic carbocycles. The summed E-state index contributed by atoms with van der Waals surface area (Å²) < 4.78 is 0. The van der Waals surface area contributed by atoms with E-state index in [9.17, 15) is 9.90 Å².